The number of nitrogens with one attached hydrogen (secondary N) is 1. The molecule has 72 valence electrons. The van der Waals surface area contributed by atoms with Crippen molar-refractivity contribution in [1.29, 1.82) is 0 Å². The number of H-pyrrole nitrogens is 1. The number of fused-ring (bicyclic) bond motifs is 1. The van der Waals surface area contributed by atoms with E-state index in [4.69, 9.17) is 4.74 Å². The second-order valence-corrected chi connectivity index (χ2v) is 3.50. The average Bonchev–Trinajstić information content (AvgIpc) is 2.59. The van der Waals surface area contributed by atoms with Crippen LogP contribution in [0.15, 0.2) is 17.2 Å². The van der Waals surface area contributed by atoms with Gasteiger partial charge in [0.25, 0.3) is 0 Å². The Morgan fingerprint density at radius 3 is 3.07 bits per heavy atom. The first-order chi connectivity index (χ1) is 6.76. The smallest absolute Gasteiger partial charge is 0.243 e. The van der Waals surface area contributed by atoms with Gasteiger partial charge in [-0.25, -0.2) is 4.98 Å². The molecule has 2 aromatic heterocycles. The van der Waals surface area contributed by atoms with E-state index in [2.05, 4.69) is 37.7 Å². The number of aromatic amines is 1. The van der Waals surface area contributed by atoms with E-state index in [1.807, 2.05) is 6.07 Å². The van der Waals surface area contributed by atoms with Crippen molar-refractivity contribution in [2.75, 3.05) is 7.11 Å². The normalized spacial score (nSPS) is 10.4. The number of pyridine rings is 1. The minimum absolute atomic E-state index is 0.499. The summed E-state index contributed by atoms with van der Waals surface area (Å²) in [5, 5.41) is 7.90. The third-order valence-electron chi connectivity index (χ3n) is 1.91. The molecule has 2 aromatic rings. The van der Waals surface area contributed by atoms with Crippen molar-refractivity contribution in [3.8, 4) is 5.88 Å². The summed E-state index contributed by atoms with van der Waals surface area (Å²) in [5.41, 5.74) is 1.58. The van der Waals surface area contributed by atoms with Gasteiger partial charge in [0.05, 0.1) is 12.8 Å². The number of halogens is 1. The van der Waals surface area contributed by atoms with Gasteiger partial charge in [0, 0.05) is 5.39 Å². The van der Waals surface area contributed by atoms with E-state index in [9.17, 15) is 0 Å². The number of rotatable bonds is 2. The van der Waals surface area contributed by atoms with Crippen LogP contribution < -0.4 is 4.74 Å². The van der Waals surface area contributed by atoms with Gasteiger partial charge in [-0.05, 0) is 28.1 Å². The molecule has 0 saturated heterocycles. The summed E-state index contributed by atoms with van der Waals surface area (Å²) in [7, 11) is 1.57. The first-order valence-electron chi connectivity index (χ1n) is 3.97. The largest absolute Gasteiger partial charge is 0.479 e. The highest BCUT2D eigenvalue weighted by Crippen LogP contribution is 2.27. The van der Waals surface area contributed by atoms with Crippen molar-refractivity contribution < 1.29 is 4.74 Å². The molecule has 0 unspecified atom stereocenters. The summed E-state index contributed by atoms with van der Waals surface area (Å²) >= 11 is 3.31. The van der Waals surface area contributed by atoms with E-state index >= 15 is 0 Å². The molecule has 0 radical (unpaired) electrons. The van der Waals surface area contributed by atoms with Crippen LogP contribution in [0.1, 0.15) is 5.69 Å². The minimum Gasteiger partial charge on any atom is -0.479 e. The SMILES string of the molecule is C=Cc1[nH]nc2c(OC)nc(Br)cc12. The molecule has 0 saturated carbocycles. The highest BCUT2D eigenvalue weighted by Gasteiger charge is 2.10. The van der Waals surface area contributed by atoms with Gasteiger partial charge in [-0.2, -0.15) is 5.10 Å². The van der Waals surface area contributed by atoms with Crippen molar-refractivity contribution in [1.82, 2.24) is 15.2 Å². The minimum atomic E-state index is 0.499. The van der Waals surface area contributed by atoms with Crippen LogP contribution in [0, 0.1) is 0 Å². The van der Waals surface area contributed by atoms with Gasteiger partial charge in [0.2, 0.25) is 5.88 Å². The monoisotopic (exact) mass is 253 g/mol. The van der Waals surface area contributed by atoms with E-state index in [1.165, 1.54) is 0 Å². The molecule has 1 N–H and O–H groups in total. The molecule has 4 nitrogen and oxygen atoms in total. The van der Waals surface area contributed by atoms with Crippen LogP contribution in [0.3, 0.4) is 0 Å². The van der Waals surface area contributed by atoms with Crippen molar-refractivity contribution in [3.63, 3.8) is 0 Å². The lowest BCUT2D eigenvalue weighted by Crippen LogP contribution is -1.89. The van der Waals surface area contributed by atoms with Gasteiger partial charge < -0.3 is 4.74 Å². The molecule has 0 aliphatic heterocycles. The molecule has 5 heteroatoms. The lowest BCUT2D eigenvalue weighted by atomic mass is 10.2. The maximum Gasteiger partial charge on any atom is 0.243 e. The van der Waals surface area contributed by atoms with E-state index in [0.29, 0.717) is 16.0 Å². The predicted octanol–water partition coefficient (Wildman–Crippen LogP) is 2.37. The molecule has 2 heterocycles. The van der Waals surface area contributed by atoms with Crippen molar-refractivity contribution in [2.24, 2.45) is 0 Å². The second-order valence-electron chi connectivity index (χ2n) is 2.69. The molecule has 0 amide bonds. The summed E-state index contributed by atoms with van der Waals surface area (Å²) in [6.45, 7) is 3.69. The summed E-state index contributed by atoms with van der Waals surface area (Å²) in [4.78, 5) is 4.15. The van der Waals surface area contributed by atoms with Crippen molar-refractivity contribution >= 4 is 32.9 Å². The van der Waals surface area contributed by atoms with Gasteiger partial charge >= 0.3 is 0 Å². The molecular weight excluding hydrogens is 246 g/mol. The fraction of sp³-hybridized carbons (Fsp3) is 0.111. The zero-order valence-electron chi connectivity index (χ0n) is 7.54. The zero-order valence-corrected chi connectivity index (χ0v) is 9.13. The molecule has 0 atom stereocenters. The first-order valence-corrected chi connectivity index (χ1v) is 4.76. The second kappa shape index (κ2) is 3.42. The number of nitrogens with zero attached hydrogens (tertiary/aromatic N) is 2. The molecule has 0 fully saturated rings. The van der Waals surface area contributed by atoms with E-state index in [-0.39, 0.29) is 0 Å². The third kappa shape index (κ3) is 1.29. The van der Waals surface area contributed by atoms with Crippen LogP contribution in [0.4, 0.5) is 0 Å². The Balaban J connectivity index is 2.83. The average molecular weight is 254 g/mol. The molecule has 2 rings (SSSR count). The van der Waals surface area contributed by atoms with E-state index < -0.39 is 0 Å². The Kier molecular flexibility index (Phi) is 2.25. The fourth-order valence-electron chi connectivity index (χ4n) is 1.27. The van der Waals surface area contributed by atoms with Crippen LogP contribution in [0.5, 0.6) is 5.88 Å². The number of methoxy groups -OCH3 is 1. The van der Waals surface area contributed by atoms with Crippen LogP contribution in [0.2, 0.25) is 0 Å². The molecule has 0 aliphatic carbocycles. The highest BCUT2D eigenvalue weighted by atomic mass is 79.9. The van der Waals surface area contributed by atoms with Gasteiger partial charge in [-0.15, -0.1) is 0 Å². The number of hydrogen-bond acceptors (Lipinski definition) is 3. The zero-order chi connectivity index (χ0) is 10.1. The Morgan fingerprint density at radius 2 is 2.43 bits per heavy atom. The maximum absolute atomic E-state index is 5.11. The summed E-state index contributed by atoms with van der Waals surface area (Å²) in [5.74, 6) is 0.499. The van der Waals surface area contributed by atoms with Crippen LogP contribution in [-0.2, 0) is 0 Å². The van der Waals surface area contributed by atoms with Crippen molar-refractivity contribution in [2.45, 2.75) is 0 Å². The van der Waals surface area contributed by atoms with Crippen molar-refractivity contribution in [3.05, 3.63) is 22.9 Å². The summed E-state index contributed by atoms with van der Waals surface area (Å²) in [6.07, 6.45) is 1.71. The Bertz CT molecular complexity index is 492. The molecule has 14 heavy (non-hydrogen) atoms. The highest BCUT2D eigenvalue weighted by molar-refractivity contribution is 9.10. The molecule has 0 aromatic carbocycles. The molecule has 0 aliphatic rings. The summed E-state index contributed by atoms with van der Waals surface area (Å²) < 4.78 is 5.82. The lowest BCUT2D eigenvalue weighted by molar-refractivity contribution is 0.401. The predicted molar refractivity (Wildman–Crippen MR) is 58.2 cm³/mol. The van der Waals surface area contributed by atoms with Gasteiger partial charge in [0.1, 0.15) is 4.60 Å². The van der Waals surface area contributed by atoms with Gasteiger partial charge in [-0.1, -0.05) is 6.58 Å². The Hall–Kier alpha value is -1.36. The lowest BCUT2D eigenvalue weighted by Gasteiger charge is -1.99. The molecule has 0 spiro atoms. The molecule has 0 bridgehead atoms. The van der Waals surface area contributed by atoms with Crippen LogP contribution >= 0.6 is 15.9 Å². The number of aromatic nitrogens is 3. The Morgan fingerprint density at radius 1 is 1.64 bits per heavy atom. The Labute approximate surface area is 89.1 Å². The van der Waals surface area contributed by atoms with Crippen LogP contribution in [0.25, 0.3) is 17.0 Å². The standard InChI is InChI=1S/C9H8BrN3O/c1-3-6-5-4-7(10)11-9(14-2)8(5)13-12-6/h3-4H,1H2,2H3,(H,12,13). The molecular formula is C9H8BrN3O. The maximum atomic E-state index is 5.11. The fourth-order valence-corrected chi connectivity index (χ4v) is 1.66. The number of ether oxygens (including phenoxy) is 1. The topological polar surface area (TPSA) is 50.8 Å². The van der Waals surface area contributed by atoms with Gasteiger partial charge in [-0.3, -0.25) is 5.10 Å². The quantitative estimate of drug-likeness (QED) is 0.837. The van der Waals surface area contributed by atoms with Crippen LogP contribution in [-0.4, -0.2) is 22.3 Å². The van der Waals surface area contributed by atoms with E-state index in [1.54, 1.807) is 13.2 Å². The first kappa shape index (κ1) is 9.21. The number of hydrogen-bond donors (Lipinski definition) is 1. The summed E-state index contributed by atoms with van der Waals surface area (Å²) in [6, 6.07) is 1.87. The van der Waals surface area contributed by atoms with Gasteiger partial charge in [0.15, 0.2) is 5.52 Å². The van der Waals surface area contributed by atoms with E-state index in [0.717, 1.165) is 11.1 Å². The third-order valence-corrected chi connectivity index (χ3v) is 2.31.